The van der Waals surface area contributed by atoms with E-state index in [1.54, 1.807) is 25.3 Å². The molecular formula is C23H25N3O4S. The van der Waals surface area contributed by atoms with Crippen LogP contribution in [0, 0.1) is 0 Å². The molecule has 162 valence electrons. The Morgan fingerprint density at radius 1 is 0.968 bits per heavy atom. The third kappa shape index (κ3) is 3.45. The quantitative estimate of drug-likeness (QED) is 0.674. The minimum absolute atomic E-state index is 0.243. The van der Waals surface area contributed by atoms with E-state index in [1.165, 1.54) is 4.31 Å². The molecule has 7 nitrogen and oxygen atoms in total. The van der Waals surface area contributed by atoms with Crippen molar-refractivity contribution in [3.63, 3.8) is 0 Å². The summed E-state index contributed by atoms with van der Waals surface area (Å²) < 4.78 is 40.7. The Kier molecular flexibility index (Phi) is 5.11. The van der Waals surface area contributed by atoms with Crippen molar-refractivity contribution in [1.82, 2.24) is 5.32 Å². The van der Waals surface area contributed by atoms with Crippen LogP contribution in [-0.4, -0.2) is 54.9 Å². The van der Waals surface area contributed by atoms with Crippen LogP contribution < -0.4 is 24.0 Å². The molecule has 0 amide bonds. The third-order valence-electron chi connectivity index (χ3n) is 5.84. The molecule has 2 aliphatic heterocycles. The van der Waals surface area contributed by atoms with Crippen LogP contribution in [-0.2, 0) is 10.0 Å². The molecule has 1 fully saturated rings. The lowest BCUT2D eigenvalue weighted by atomic mass is 10.1. The molecular weight excluding hydrogens is 414 g/mol. The van der Waals surface area contributed by atoms with Crippen LogP contribution in [0.5, 0.6) is 11.5 Å². The van der Waals surface area contributed by atoms with Gasteiger partial charge in [0.15, 0.2) is 5.75 Å². The molecule has 2 aliphatic rings. The second-order valence-corrected chi connectivity index (χ2v) is 9.47. The summed E-state index contributed by atoms with van der Waals surface area (Å²) in [6, 6.07) is 16.6. The number of nitrogens with one attached hydrogen (secondary N) is 1. The Labute approximate surface area is 182 Å². The summed E-state index contributed by atoms with van der Waals surface area (Å²) in [4.78, 5) is 2.51. The van der Waals surface area contributed by atoms with Gasteiger partial charge in [-0.2, -0.15) is 0 Å². The van der Waals surface area contributed by atoms with E-state index in [2.05, 4.69) is 10.2 Å². The number of piperazine rings is 1. The maximum Gasteiger partial charge on any atom is 0.265 e. The molecule has 31 heavy (non-hydrogen) atoms. The van der Waals surface area contributed by atoms with Crippen molar-refractivity contribution in [3.8, 4) is 11.5 Å². The number of anilines is 2. The summed E-state index contributed by atoms with van der Waals surface area (Å²) in [6.45, 7) is 3.90. The first-order valence-corrected chi connectivity index (χ1v) is 11.8. The number of nitrogens with zero attached hydrogens (tertiary/aromatic N) is 2. The van der Waals surface area contributed by atoms with E-state index >= 15 is 0 Å². The predicted octanol–water partition coefficient (Wildman–Crippen LogP) is 2.85. The molecule has 8 heteroatoms. The van der Waals surface area contributed by atoms with Crippen LogP contribution in [0.15, 0.2) is 59.5 Å². The van der Waals surface area contributed by atoms with Gasteiger partial charge in [-0.05, 0) is 11.5 Å². The summed E-state index contributed by atoms with van der Waals surface area (Å²) >= 11 is 0. The average molecular weight is 440 g/mol. The molecule has 0 aromatic heterocycles. The van der Waals surface area contributed by atoms with Gasteiger partial charge in [-0.3, -0.25) is 4.31 Å². The first-order valence-electron chi connectivity index (χ1n) is 10.4. The van der Waals surface area contributed by atoms with Crippen LogP contribution in [0.4, 0.5) is 11.4 Å². The van der Waals surface area contributed by atoms with Crippen molar-refractivity contribution in [2.24, 2.45) is 0 Å². The number of rotatable bonds is 4. The van der Waals surface area contributed by atoms with Crippen LogP contribution in [0.1, 0.15) is 0 Å². The highest BCUT2D eigenvalue weighted by atomic mass is 32.2. The molecule has 3 aromatic rings. The van der Waals surface area contributed by atoms with Crippen LogP contribution in [0.25, 0.3) is 10.8 Å². The van der Waals surface area contributed by atoms with Crippen molar-refractivity contribution in [2.75, 3.05) is 55.6 Å². The lowest BCUT2D eigenvalue weighted by Gasteiger charge is -2.36. The molecule has 2 heterocycles. The zero-order valence-electron chi connectivity index (χ0n) is 17.4. The zero-order chi connectivity index (χ0) is 21.4. The van der Waals surface area contributed by atoms with Gasteiger partial charge in [-0.25, -0.2) is 8.42 Å². The number of ether oxygens (including phenoxy) is 2. The van der Waals surface area contributed by atoms with E-state index in [1.807, 2.05) is 36.4 Å². The van der Waals surface area contributed by atoms with Crippen molar-refractivity contribution in [1.29, 1.82) is 0 Å². The molecule has 0 atom stereocenters. The van der Waals surface area contributed by atoms with Crippen molar-refractivity contribution >= 4 is 32.2 Å². The van der Waals surface area contributed by atoms with E-state index < -0.39 is 10.0 Å². The van der Waals surface area contributed by atoms with Crippen LogP contribution >= 0.6 is 0 Å². The highest BCUT2D eigenvalue weighted by molar-refractivity contribution is 7.93. The van der Waals surface area contributed by atoms with Crippen LogP contribution in [0.3, 0.4) is 0 Å². The Bertz CT molecular complexity index is 1220. The monoisotopic (exact) mass is 439 g/mol. The first kappa shape index (κ1) is 20.0. The Balaban J connectivity index is 1.66. The number of benzene rings is 3. The summed E-state index contributed by atoms with van der Waals surface area (Å²) in [5.74, 6) is 1.20. The first-order chi connectivity index (χ1) is 15.1. The van der Waals surface area contributed by atoms with E-state index in [0.29, 0.717) is 34.1 Å². The normalized spacial score (nSPS) is 16.7. The van der Waals surface area contributed by atoms with Crippen LogP contribution in [0.2, 0.25) is 0 Å². The second kappa shape index (κ2) is 7.94. The lowest BCUT2D eigenvalue weighted by Crippen LogP contribution is -2.44. The maximum atomic E-state index is 13.9. The highest BCUT2D eigenvalue weighted by Crippen LogP contribution is 2.46. The molecule has 1 N–H and O–H groups in total. The summed E-state index contributed by atoms with van der Waals surface area (Å²) in [7, 11) is -2.21. The number of hydrogen-bond donors (Lipinski definition) is 1. The molecule has 0 saturated carbocycles. The maximum absolute atomic E-state index is 13.9. The van der Waals surface area contributed by atoms with Crippen molar-refractivity contribution < 1.29 is 17.9 Å². The standard InChI is InChI=1S/C23H25N3O4S/c1-29-18-15-20(25-11-9-24-10-12-25)23-21(16-18)26(13-14-30-23)31(27,28)22-8-4-6-17-5-2-3-7-19(17)22/h2-8,15-16,24H,9-14H2,1H3. The van der Waals surface area contributed by atoms with Crippen molar-refractivity contribution in [2.45, 2.75) is 4.90 Å². The Morgan fingerprint density at radius 3 is 2.52 bits per heavy atom. The number of sulfonamides is 1. The van der Waals surface area contributed by atoms with E-state index in [4.69, 9.17) is 9.47 Å². The SMILES string of the molecule is COc1cc(N2CCNCC2)c2c(c1)N(S(=O)(=O)c1cccc3ccccc13)CCO2. The van der Waals surface area contributed by atoms with Gasteiger partial charge in [-0.1, -0.05) is 36.4 Å². The number of methoxy groups -OCH3 is 1. The second-order valence-electron chi connectivity index (χ2n) is 7.63. The predicted molar refractivity (Wildman–Crippen MR) is 122 cm³/mol. The third-order valence-corrected chi connectivity index (χ3v) is 7.72. The summed E-state index contributed by atoms with van der Waals surface area (Å²) in [5, 5.41) is 4.95. The molecule has 1 saturated heterocycles. The van der Waals surface area contributed by atoms with Gasteiger partial charge < -0.3 is 19.7 Å². The topological polar surface area (TPSA) is 71.1 Å². The van der Waals surface area contributed by atoms with Gasteiger partial charge in [0.2, 0.25) is 0 Å². The average Bonchev–Trinajstić information content (AvgIpc) is 2.83. The van der Waals surface area contributed by atoms with Gasteiger partial charge in [0, 0.05) is 43.7 Å². The Hall–Kier alpha value is -2.97. The molecule has 0 radical (unpaired) electrons. The van der Waals surface area contributed by atoms with E-state index in [9.17, 15) is 8.42 Å². The molecule has 0 bridgehead atoms. The van der Waals surface area contributed by atoms with Gasteiger partial charge in [0.05, 0.1) is 29.9 Å². The van der Waals surface area contributed by atoms with E-state index in [-0.39, 0.29) is 6.54 Å². The fourth-order valence-corrected chi connectivity index (χ4v) is 5.97. The fraction of sp³-hybridized carbons (Fsp3) is 0.304. The van der Waals surface area contributed by atoms with Gasteiger partial charge in [-0.15, -0.1) is 0 Å². The van der Waals surface area contributed by atoms with E-state index in [0.717, 1.165) is 37.3 Å². The van der Waals surface area contributed by atoms with Crippen molar-refractivity contribution in [3.05, 3.63) is 54.6 Å². The summed E-state index contributed by atoms with van der Waals surface area (Å²) in [6.07, 6.45) is 0. The molecule has 0 spiro atoms. The molecule has 5 rings (SSSR count). The van der Waals surface area contributed by atoms with Gasteiger partial charge in [0.25, 0.3) is 10.0 Å². The largest absolute Gasteiger partial charge is 0.497 e. The number of fused-ring (bicyclic) bond motifs is 2. The Morgan fingerprint density at radius 2 is 1.71 bits per heavy atom. The molecule has 0 unspecified atom stereocenters. The van der Waals surface area contributed by atoms with Gasteiger partial charge in [0.1, 0.15) is 12.4 Å². The smallest absolute Gasteiger partial charge is 0.265 e. The minimum Gasteiger partial charge on any atom is -0.497 e. The zero-order valence-corrected chi connectivity index (χ0v) is 18.2. The highest BCUT2D eigenvalue weighted by Gasteiger charge is 2.34. The number of hydrogen-bond acceptors (Lipinski definition) is 6. The van der Waals surface area contributed by atoms with Gasteiger partial charge >= 0.3 is 0 Å². The minimum atomic E-state index is -3.81. The molecule has 0 aliphatic carbocycles. The molecule has 3 aromatic carbocycles. The fourth-order valence-electron chi connectivity index (χ4n) is 4.31. The summed E-state index contributed by atoms with van der Waals surface area (Å²) in [5.41, 5.74) is 1.39. The lowest BCUT2D eigenvalue weighted by molar-refractivity contribution is 0.314.